The van der Waals surface area contributed by atoms with Gasteiger partial charge >= 0.3 is 13.8 Å². The summed E-state index contributed by atoms with van der Waals surface area (Å²) in [6.45, 7) is 6.84. The fourth-order valence-electron chi connectivity index (χ4n) is 8.91. The summed E-state index contributed by atoms with van der Waals surface area (Å²) in [7, 11) is 1.45. The van der Waals surface area contributed by atoms with Gasteiger partial charge in [0.25, 0.3) is 0 Å². The number of carbonyl (C=O) groups excluding carboxylic acids is 2. The third kappa shape index (κ3) is 59.3. The lowest BCUT2D eigenvalue weighted by atomic mass is 10.0. The smallest absolute Gasteiger partial charge is 0.456 e. The van der Waals surface area contributed by atoms with Crippen LogP contribution in [-0.2, 0) is 27.9 Å². The third-order valence-corrected chi connectivity index (χ3v) is 14.9. The minimum absolute atomic E-state index is 0.0263. The molecule has 0 aliphatic heterocycles. The molecular formula is C70H124N2O7P+. The van der Waals surface area contributed by atoms with E-state index in [0.717, 1.165) is 96.3 Å². The van der Waals surface area contributed by atoms with E-state index in [1.807, 2.05) is 33.3 Å². The molecule has 0 saturated carbocycles. The Labute approximate surface area is 493 Å². The van der Waals surface area contributed by atoms with Crippen molar-refractivity contribution >= 4 is 19.7 Å². The van der Waals surface area contributed by atoms with Crippen molar-refractivity contribution in [2.45, 2.75) is 283 Å². The Kier molecular flexibility index (Phi) is 56.4. The summed E-state index contributed by atoms with van der Waals surface area (Å²) in [5.41, 5.74) is 0. The standard InChI is InChI=1S/C70H123N2O7P/c1-7-10-13-16-19-22-25-28-30-32-34-36-38-40-42-44-47-50-53-56-59-62-69(73)71-67(66-78-80(75,76)77-65-64-72(4,5)6)68(61-58-55-52-49-46-27-24-21-18-15-12-9-3)79-70(74)63-60-57-54-51-48-45-43-41-39-37-35-33-31-29-26-23-20-17-14-11-8-2/h10,13,19-20,22-23,28-31,34,36,40,42,47,50,58,61,67-68H,7-9,11-12,14-18,21,24-27,32-33,35,37-39,41,43-46,48-49,51-57,59-60,62-66H2,1-6H3,(H-,71,73,75,76)/p+1/b13-10-,22-19-,23-20-,30-28-,31-29-,36-34-,42-40-,50-47-,61-58+. The zero-order valence-electron chi connectivity index (χ0n) is 52.5. The molecule has 3 unspecified atom stereocenters. The minimum atomic E-state index is -4.47. The van der Waals surface area contributed by atoms with Crippen molar-refractivity contribution < 1.29 is 37.3 Å². The van der Waals surface area contributed by atoms with Crippen molar-refractivity contribution in [3.8, 4) is 0 Å². The topological polar surface area (TPSA) is 111 Å². The van der Waals surface area contributed by atoms with Crippen LogP contribution in [0.2, 0.25) is 0 Å². The van der Waals surface area contributed by atoms with E-state index >= 15 is 0 Å². The SMILES string of the molecule is CC/C=C\C/C=C\C/C=C\C/C=C\C/C=C\C/C=C\CCCCC(=O)NC(COP(=O)(O)OCC[N+](C)(C)C)C(/C=C/CCCCCCCCCCCC)OC(=O)CCCCCCCCCCCCC/C=C\C/C=C\CCCCC. The highest BCUT2D eigenvalue weighted by Gasteiger charge is 2.30. The number of phosphoric acid groups is 1. The highest BCUT2D eigenvalue weighted by Crippen LogP contribution is 2.43. The maximum absolute atomic E-state index is 13.6. The second-order valence-corrected chi connectivity index (χ2v) is 24.4. The average Bonchev–Trinajstić information content (AvgIpc) is 3.42. The van der Waals surface area contributed by atoms with Crippen LogP contribution >= 0.6 is 7.82 Å². The molecule has 9 nitrogen and oxygen atoms in total. The van der Waals surface area contributed by atoms with Crippen molar-refractivity contribution in [2.24, 2.45) is 0 Å². The van der Waals surface area contributed by atoms with E-state index in [9.17, 15) is 19.0 Å². The Balaban J connectivity index is 5.28. The zero-order valence-corrected chi connectivity index (χ0v) is 53.4. The number of likely N-dealkylation sites (N-methyl/N-ethyl adjacent to an activating group) is 1. The van der Waals surface area contributed by atoms with Gasteiger partial charge in [0, 0.05) is 12.8 Å². The van der Waals surface area contributed by atoms with Crippen LogP contribution in [0.15, 0.2) is 109 Å². The number of hydrogen-bond donors (Lipinski definition) is 2. The maximum atomic E-state index is 13.6. The van der Waals surface area contributed by atoms with E-state index < -0.39 is 20.0 Å². The Morgan fingerprint density at radius 1 is 0.450 bits per heavy atom. The van der Waals surface area contributed by atoms with Crippen molar-refractivity contribution in [1.29, 1.82) is 0 Å². The van der Waals surface area contributed by atoms with E-state index in [2.05, 4.69) is 123 Å². The second kappa shape index (κ2) is 58.9. The van der Waals surface area contributed by atoms with Gasteiger partial charge in [-0.25, -0.2) is 4.57 Å². The summed E-state index contributed by atoms with van der Waals surface area (Å²) >= 11 is 0. The number of unbranched alkanes of at least 4 members (excludes halogenated alkanes) is 26. The monoisotopic (exact) mass is 1140 g/mol. The normalized spacial score (nSPS) is 14.3. The number of rotatable bonds is 58. The van der Waals surface area contributed by atoms with Crippen molar-refractivity contribution in [3.05, 3.63) is 109 Å². The molecule has 80 heavy (non-hydrogen) atoms. The Morgan fingerprint density at radius 3 is 1.24 bits per heavy atom. The lowest BCUT2D eigenvalue weighted by Gasteiger charge is -2.27. The highest BCUT2D eigenvalue weighted by molar-refractivity contribution is 7.47. The van der Waals surface area contributed by atoms with E-state index in [0.29, 0.717) is 17.4 Å². The fraction of sp³-hybridized carbons (Fsp3) is 0.714. The van der Waals surface area contributed by atoms with E-state index in [4.69, 9.17) is 13.8 Å². The number of esters is 1. The van der Waals surface area contributed by atoms with Crippen LogP contribution < -0.4 is 5.32 Å². The number of amides is 1. The first-order valence-corrected chi connectivity index (χ1v) is 34.2. The highest BCUT2D eigenvalue weighted by atomic mass is 31.2. The van der Waals surface area contributed by atoms with Gasteiger partial charge in [-0.3, -0.25) is 18.6 Å². The second-order valence-electron chi connectivity index (χ2n) is 22.9. The Hall–Kier alpha value is -3.33. The molecule has 1 amide bonds. The predicted molar refractivity (Wildman–Crippen MR) is 346 cm³/mol. The van der Waals surface area contributed by atoms with Gasteiger partial charge in [0.05, 0.1) is 33.8 Å². The number of phosphoric ester groups is 1. The molecule has 0 aromatic carbocycles. The predicted octanol–water partition coefficient (Wildman–Crippen LogP) is 20.5. The number of nitrogens with one attached hydrogen (secondary N) is 1. The lowest BCUT2D eigenvalue weighted by molar-refractivity contribution is -0.870. The molecule has 0 aliphatic rings. The summed E-state index contributed by atoms with van der Waals surface area (Å²) in [5, 5.41) is 3.03. The number of carbonyl (C=O) groups is 2. The van der Waals surface area contributed by atoms with E-state index in [1.165, 1.54) is 135 Å². The molecule has 0 aliphatic carbocycles. The van der Waals surface area contributed by atoms with Gasteiger partial charge in [0.1, 0.15) is 19.3 Å². The van der Waals surface area contributed by atoms with Gasteiger partial charge in [-0.2, -0.15) is 0 Å². The van der Waals surface area contributed by atoms with Crippen LogP contribution in [-0.4, -0.2) is 74.3 Å². The summed E-state index contributed by atoms with van der Waals surface area (Å²) in [5.74, 6) is -0.560. The van der Waals surface area contributed by atoms with Crippen LogP contribution in [0.25, 0.3) is 0 Å². The summed E-state index contributed by atoms with van der Waals surface area (Å²) in [6.07, 6.45) is 80.9. The molecule has 0 fully saturated rings. The van der Waals surface area contributed by atoms with Crippen molar-refractivity contribution in [1.82, 2.24) is 5.32 Å². The van der Waals surface area contributed by atoms with Gasteiger partial charge in [-0.05, 0) is 115 Å². The van der Waals surface area contributed by atoms with Crippen LogP contribution in [0.1, 0.15) is 271 Å². The molecule has 0 spiro atoms. The van der Waals surface area contributed by atoms with Gasteiger partial charge in [-0.15, -0.1) is 0 Å². The summed E-state index contributed by atoms with van der Waals surface area (Å²) in [4.78, 5) is 37.8. The molecule has 0 heterocycles. The molecule has 2 N–H and O–H groups in total. The zero-order chi connectivity index (χ0) is 58.6. The van der Waals surface area contributed by atoms with Crippen LogP contribution in [0.3, 0.4) is 0 Å². The first-order chi connectivity index (χ1) is 38.9. The number of quaternary nitrogens is 1. The number of allylic oxidation sites excluding steroid dienone is 17. The molecular weight excluding hydrogens is 1010 g/mol. The van der Waals surface area contributed by atoms with E-state index in [1.54, 1.807) is 0 Å². The number of ether oxygens (including phenoxy) is 1. The summed E-state index contributed by atoms with van der Waals surface area (Å²) < 4.78 is 30.7. The van der Waals surface area contributed by atoms with Crippen LogP contribution in [0.5, 0.6) is 0 Å². The molecule has 10 heteroatoms. The number of hydrogen-bond acceptors (Lipinski definition) is 6. The lowest BCUT2D eigenvalue weighted by Crippen LogP contribution is -2.47. The third-order valence-electron chi connectivity index (χ3n) is 13.9. The van der Waals surface area contributed by atoms with Crippen LogP contribution in [0.4, 0.5) is 0 Å². The average molecular weight is 1140 g/mol. The van der Waals surface area contributed by atoms with Gasteiger partial charge in [0.15, 0.2) is 0 Å². The molecule has 0 aromatic heterocycles. The fourth-order valence-corrected chi connectivity index (χ4v) is 9.65. The van der Waals surface area contributed by atoms with Crippen LogP contribution in [0, 0.1) is 0 Å². The van der Waals surface area contributed by atoms with Gasteiger partial charge in [0.2, 0.25) is 5.91 Å². The molecule has 0 radical (unpaired) electrons. The van der Waals surface area contributed by atoms with Crippen molar-refractivity contribution in [3.63, 3.8) is 0 Å². The number of nitrogens with zero attached hydrogens (tertiary/aromatic N) is 1. The Morgan fingerprint density at radius 2 is 0.800 bits per heavy atom. The molecule has 0 rings (SSSR count). The molecule has 0 saturated heterocycles. The molecule has 460 valence electrons. The minimum Gasteiger partial charge on any atom is -0.456 e. The molecule has 0 bridgehead atoms. The Bertz CT molecular complexity index is 1740. The largest absolute Gasteiger partial charge is 0.472 e. The van der Waals surface area contributed by atoms with Gasteiger partial charge in [-0.1, -0.05) is 252 Å². The van der Waals surface area contributed by atoms with Gasteiger partial charge < -0.3 is 19.4 Å². The summed E-state index contributed by atoms with van der Waals surface area (Å²) in [6, 6.07) is -0.879. The molecule has 0 aromatic rings. The first kappa shape index (κ1) is 76.7. The molecule has 3 atom stereocenters. The maximum Gasteiger partial charge on any atom is 0.472 e. The van der Waals surface area contributed by atoms with Crippen molar-refractivity contribution in [2.75, 3.05) is 40.9 Å². The first-order valence-electron chi connectivity index (χ1n) is 32.7. The van der Waals surface area contributed by atoms with E-state index in [-0.39, 0.29) is 37.9 Å². The quantitative estimate of drug-likeness (QED) is 0.0205.